The summed E-state index contributed by atoms with van der Waals surface area (Å²) in [5, 5.41) is 4.20. The average molecular weight is 375 g/mol. The molecule has 0 aliphatic rings. The van der Waals surface area contributed by atoms with E-state index in [-0.39, 0.29) is 16.4 Å². The lowest BCUT2D eigenvalue weighted by molar-refractivity contribution is -0.137. The molecule has 0 heterocycles. The summed E-state index contributed by atoms with van der Waals surface area (Å²) in [4.78, 5) is 23.5. The van der Waals surface area contributed by atoms with Crippen LogP contribution < -0.4 is 10.6 Å². The molecule has 25 heavy (non-hydrogen) atoms. The summed E-state index contributed by atoms with van der Waals surface area (Å²) in [5.74, 6) is -2.40. The highest BCUT2D eigenvalue weighted by molar-refractivity contribution is 6.33. The second-order valence-corrected chi connectivity index (χ2v) is 5.35. The van der Waals surface area contributed by atoms with Crippen molar-refractivity contribution in [2.24, 2.45) is 0 Å². The van der Waals surface area contributed by atoms with Gasteiger partial charge in [-0.25, -0.2) is 4.39 Å². The quantitative estimate of drug-likeness (QED) is 0.613. The Morgan fingerprint density at radius 1 is 0.960 bits per heavy atom. The molecule has 0 bridgehead atoms. The van der Waals surface area contributed by atoms with Gasteiger partial charge in [-0.1, -0.05) is 23.7 Å². The van der Waals surface area contributed by atoms with Gasteiger partial charge in [0.05, 0.1) is 22.0 Å². The van der Waals surface area contributed by atoms with Crippen LogP contribution in [-0.2, 0) is 15.8 Å². The van der Waals surface area contributed by atoms with Crippen molar-refractivity contribution >= 4 is 34.8 Å². The molecule has 0 atom stereocenters. The Morgan fingerprint density at radius 2 is 1.56 bits per heavy atom. The third-order valence-corrected chi connectivity index (χ3v) is 3.37. The zero-order valence-corrected chi connectivity index (χ0v) is 13.2. The molecule has 0 aliphatic carbocycles. The Morgan fingerprint density at radius 3 is 2.16 bits per heavy atom. The first-order valence-corrected chi connectivity index (χ1v) is 7.25. The zero-order valence-electron chi connectivity index (χ0n) is 12.5. The van der Waals surface area contributed by atoms with Crippen molar-refractivity contribution in [2.45, 2.75) is 12.6 Å². The number of anilines is 2. The minimum Gasteiger partial charge on any atom is -0.324 e. The summed E-state index contributed by atoms with van der Waals surface area (Å²) in [6.07, 6.45) is -5.33. The van der Waals surface area contributed by atoms with E-state index in [0.717, 1.165) is 18.2 Å². The number of hydrogen-bond acceptors (Lipinski definition) is 2. The minimum atomic E-state index is -4.60. The van der Waals surface area contributed by atoms with Crippen LogP contribution in [0.15, 0.2) is 42.5 Å². The average Bonchev–Trinajstić information content (AvgIpc) is 2.50. The molecule has 0 aliphatic heterocycles. The molecule has 132 valence electrons. The molecule has 2 rings (SSSR count). The van der Waals surface area contributed by atoms with Crippen molar-refractivity contribution in [1.29, 1.82) is 0 Å². The van der Waals surface area contributed by atoms with Gasteiger partial charge in [-0.3, -0.25) is 9.59 Å². The number of nitrogens with one attached hydrogen (secondary N) is 2. The molecule has 9 heteroatoms. The lowest BCUT2D eigenvalue weighted by Gasteiger charge is -2.12. The highest BCUT2D eigenvalue weighted by atomic mass is 35.5. The van der Waals surface area contributed by atoms with Crippen LogP contribution in [0.3, 0.4) is 0 Å². The van der Waals surface area contributed by atoms with Crippen LogP contribution in [0.25, 0.3) is 0 Å². The van der Waals surface area contributed by atoms with Gasteiger partial charge in [-0.15, -0.1) is 0 Å². The molecule has 0 spiro atoms. The SMILES string of the molecule is O=C(CC(=O)Nc1cc(C(F)(F)F)ccc1Cl)Nc1ccccc1F. The highest BCUT2D eigenvalue weighted by Gasteiger charge is 2.31. The van der Waals surface area contributed by atoms with Gasteiger partial charge in [-0.2, -0.15) is 13.2 Å². The van der Waals surface area contributed by atoms with Crippen LogP contribution in [-0.4, -0.2) is 11.8 Å². The molecule has 2 N–H and O–H groups in total. The Labute approximate surface area is 144 Å². The van der Waals surface area contributed by atoms with Gasteiger partial charge in [0.2, 0.25) is 11.8 Å². The maximum absolute atomic E-state index is 13.4. The van der Waals surface area contributed by atoms with E-state index >= 15 is 0 Å². The minimum absolute atomic E-state index is 0.114. The summed E-state index contributed by atoms with van der Waals surface area (Å²) >= 11 is 5.75. The molecule has 0 unspecified atom stereocenters. The number of halogens is 5. The van der Waals surface area contributed by atoms with Gasteiger partial charge in [-0.05, 0) is 30.3 Å². The van der Waals surface area contributed by atoms with E-state index in [4.69, 9.17) is 11.6 Å². The summed E-state index contributed by atoms with van der Waals surface area (Å²) in [6, 6.07) is 7.75. The topological polar surface area (TPSA) is 58.2 Å². The van der Waals surface area contributed by atoms with Gasteiger partial charge >= 0.3 is 6.18 Å². The second kappa shape index (κ2) is 7.52. The van der Waals surface area contributed by atoms with Gasteiger partial charge in [0, 0.05) is 0 Å². The Hall–Kier alpha value is -2.61. The van der Waals surface area contributed by atoms with Crippen molar-refractivity contribution in [3.8, 4) is 0 Å². The van der Waals surface area contributed by atoms with E-state index < -0.39 is 35.8 Å². The second-order valence-electron chi connectivity index (χ2n) is 4.95. The summed E-state index contributed by atoms with van der Waals surface area (Å²) in [7, 11) is 0. The predicted octanol–water partition coefficient (Wildman–Crippen LogP) is 4.47. The molecule has 2 aromatic carbocycles. The standard InChI is InChI=1S/C16H11ClF4N2O2/c17-10-6-5-9(16(19,20)21)7-13(10)23-15(25)8-14(24)22-12-4-2-1-3-11(12)18/h1-7H,8H2,(H,22,24)(H,23,25). The molecule has 0 saturated heterocycles. The smallest absolute Gasteiger partial charge is 0.324 e. The van der Waals surface area contributed by atoms with Crippen LogP contribution in [0.2, 0.25) is 5.02 Å². The highest BCUT2D eigenvalue weighted by Crippen LogP contribution is 2.33. The fraction of sp³-hybridized carbons (Fsp3) is 0.125. The number of carbonyl (C=O) groups is 2. The third kappa shape index (κ3) is 5.18. The summed E-state index contributed by atoms with van der Waals surface area (Å²) in [6.45, 7) is 0. The van der Waals surface area contributed by atoms with Crippen LogP contribution in [0.1, 0.15) is 12.0 Å². The largest absolute Gasteiger partial charge is 0.416 e. The number of benzene rings is 2. The molecule has 0 aromatic heterocycles. The van der Waals surface area contributed by atoms with Gasteiger partial charge < -0.3 is 10.6 Å². The lowest BCUT2D eigenvalue weighted by Crippen LogP contribution is -2.22. The van der Waals surface area contributed by atoms with E-state index in [9.17, 15) is 27.2 Å². The van der Waals surface area contributed by atoms with Crippen molar-refractivity contribution < 1.29 is 27.2 Å². The van der Waals surface area contributed by atoms with E-state index in [1.807, 2.05) is 0 Å². The first kappa shape index (κ1) is 18.7. The van der Waals surface area contributed by atoms with Crippen LogP contribution in [0.5, 0.6) is 0 Å². The molecule has 0 radical (unpaired) electrons. The third-order valence-electron chi connectivity index (χ3n) is 3.04. The van der Waals surface area contributed by atoms with Crippen molar-refractivity contribution in [3.63, 3.8) is 0 Å². The van der Waals surface area contributed by atoms with E-state index in [2.05, 4.69) is 10.6 Å². The number of amides is 2. The maximum Gasteiger partial charge on any atom is 0.416 e. The van der Waals surface area contributed by atoms with E-state index in [1.54, 1.807) is 0 Å². The molecular weight excluding hydrogens is 364 g/mol. The monoisotopic (exact) mass is 374 g/mol. The summed E-state index contributed by atoms with van der Waals surface area (Å²) < 4.78 is 51.4. The number of hydrogen-bond donors (Lipinski definition) is 2. The van der Waals surface area contributed by atoms with Crippen molar-refractivity contribution in [2.75, 3.05) is 10.6 Å². The zero-order chi connectivity index (χ0) is 18.6. The Balaban J connectivity index is 2.03. The molecule has 0 fully saturated rings. The molecule has 0 saturated carbocycles. The van der Waals surface area contributed by atoms with Gasteiger partial charge in [0.1, 0.15) is 12.2 Å². The predicted molar refractivity (Wildman–Crippen MR) is 84.7 cm³/mol. The van der Waals surface area contributed by atoms with Crippen LogP contribution in [0.4, 0.5) is 28.9 Å². The fourth-order valence-electron chi connectivity index (χ4n) is 1.89. The van der Waals surface area contributed by atoms with Crippen molar-refractivity contribution in [1.82, 2.24) is 0 Å². The number of carbonyl (C=O) groups excluding carboxylic acids is 2. The molecule has 4 nitrogen and oxygen atoms in total. The van der Waals surface area contributed by atoms with Gasteiger partial charge in [0.25, 0.3) is 0 Å². The fourth-order valence-corrected chi connectivity index (χ4v) is 2.06. The first-order chi connectivity index (χ1) is 11.7. The van der Waals surface area contributed by atoms with Crippen molar-refractivity contribution in [3.05, 3.63) is 58.9 Å². The lowest BCUT2D eigenvalue weighted by atomic mass is 10.2. The number of para-hydroxylation sites is 1. The molecule has 2 aromatic rings. The van der Waals surface area contributed by atoms with E-state index in [1.165, 1.54) is 18.2 Å². The van der Waals surface area contributed by atoms with Gasteiger partial charge in [0.15, 0.2) is 0 Å². The molecule has 2 amide bonds. The Bertz CT molecular complexity index is 809. The summed E-state index contributed by atoms with van der Waals surface area (Å²) in [5.41, 5.74) is -1.39. The molecular formula is C16H11ClF4N2O2. The van der Waals surface area contributed by atoms with Crippen LogP contribution in [0, 0.1) is 5.82 Å². The number of alkyl halides is 3. The Kier molecular flexibility index (Phi) is 5.63. The maximum atomic E-state index is 13.4. The van der Waals surface area contributed by atoms with E-state index in [0.29, 0.717) is 6.07 Å². The normalized spacial score (nSPS) is 11.1. The number of rotatable bonds is 4. The first-order valence-electron chi connectivity index (χ1n) is 6.88. The van der Waals surface area contributed by atoms with Crippen LogP contribution >= 0.6 is 11.6 Å².